The molecule has 8 aromatic carbocycles. The molecule has 9 aliphatic rings. The molecule has 8 aromatic rings. The number of carbonyl (C=O) groups excluding carboxylic acids is 3. The van der Waals surface area contributed by atoms with Gasteiger partial charge in [0, 0.05) is 33.4 Å². The van der Waals surface area contributed by atoms with E-state index in [1.54, 1.807) is 109 Å². The quantitative estimate of drug-likeness (QED) is 0.0593. The minimum absolute atomic E-state index is 0.0152. The molecule has 2 spiro atoms. The number of phenolic OH excluding ortho intramolecular Hbond substituents is 2. The molecule has 27 nitrogen and oxygen atoms in total. The third kappa shape index (κ3) is 13.5. The van der Waals surface area contributed by atoms with Crippen LogP contribution in [0.3, 0.4) is 0 Å². The van der Waals surface area contributed by atoms with Gasteiger partial charge in [-0.1, -0.05) is 200 Å². The van der Waals surface area contributed by atoms with Crippen molar-refractivity contribution in [1.29, 1.82) is 0 Å². The summed E-state index contributed by atoms with van der Waals surface area (Å²) < 4.78 is 47.1. The van der Waals surface area contributed by atoms with Crippen molar-refractivity contribution in [2.45, 2.75) is 143 Å². The second kappa shape index (κ2) is 32.2. The van der Waals surface area contributed by atoms with Crippen LogP contribution < -0.4 is 40.1 Å². The Hall–Kier alpha value is -8.15. The number of carboxylic acids is 1. The first kappa shape index (κ1) is 86.8. The molecule has 0 radical (unpaired) electrons. The Morgan fingerprint density at radius 3 is 1.12 bits per heavy atom. The number of hydrogen-bond acceptors (Lipinski definition) is 26. The highest BCUT2D eigenvalue weighted by atomic mass is 35.5. The third-order valence-electron chi connectivity index (χ3n) is 23.7. The number of ether oxygens (including phenoxy) is 8. The second-order valence-electron chi connectivity index (χ2n) is 31.6. The number of carboxylic acid groups (broad SMARTS) is 1. The molecule has 1 unspecified atom stereocenters. The Bertz CT molecular complexity index is 5580. The van der Waals surface area contributed by atoms with Crippen molar-refractivity contribution in [3.8, 4) is 28.7 Å². The maximum Gasteiger partial charge on any atom is 0.340 e. The number of aromatic hydroxyl groups is 2. The number of benzene rings is 8. The lowest BCUT2D eigenvalue weighted by atomic mass is 9.79. The van der Waals surface area contributed by atoms with Gasteiger partial charge < -0.3 is 114 Å². The predicted molar refractivity (Wildman–Crippen MR) is 444 cm³/mol. The van der Waals surface area contributed by atoms with Crippen LogP contribution in [0.15, 0.2) is 161 Å². The number of allylic oxidation sites excluding steroid dienone is 5. The molecule has 36 heteroatoms. The Balaban J connectivity index is 0.000000146. The minimum Gasteiger partial charge on any atom is -0.506 e. The predicted octanol–water partition coefficient (Wildman–Crippen LogP) is 5.07. The number of phenols is 2. The van der Waals surface area contributed by atoms with E-state index in [0.29, 0.717) is 81.6 Å². The third-order valence-corrected chi connectivity index (χ3v) is 37.6. The molecule has 0 aromatic heterocycles. The first-order valence-corrected chi connectivity index (χ1v) is 48.9. The molecule has 0 saturated carbocycles. The van der Waals surface area contributed by atoms with E-state index in [2.05, 4.69) is 0 Å². The standard InChI is InChI=1S/C34H36Cl2O14Si.C28H26Cl2O9Si.C22H16Cl2O4Si/c1-51(2)29-15(7-9-17(21(29)35)46-32-27(43)25(41)23(39)19(11-37)48-32)34(14-6-4-3-5-13(14)31(45)50-34)16-8-10-18(22(36)30(16)51)47-33-28(44)26(42)24(40)20(12-38)49-33;1-40(2)24-14(7-9-16(32)19(24)29)28(13-6-4-3-5-12(13)26(36)39-28)15-8-10-17(20(30)25(15)40)37-27-23(35)22(34)21(33)18(11-31)38-27;1-29(2)20-13(7-9-15(25)18(20)23)17(11-5-3-4-6-12(11)22(27)28)14-8-10-16(26)19(24)21(14)29/h3-10,19-20,23-28,32-33,37-44H,11-12H2,1-2H3;3-10,18,21-23,27,31-35H,11H2,1-2H3;3-10,25H,1-2H3,(H,27,28)/t19-,20-,23+,24+,25+,26+,27-,28-,32-,33-;18-,21+,22+,23-,27-,28?;/m11./s1. The normalized spacial score (nSPS) is 28.3. The number of esters is 2. The monoisotopic (exact) mass is 1810 g/mol. The lowest BCUT2D eigenvalue weighted by Gasteiger charge is -2.45. The number of aromatic carboxylic acids is 1. The van der Waals surface area contributed by atoms with Crippen LogP contribution in [0.2, 0.25) is 64.4 Å². The van der Waals surface area contributed by atoms with Crippen LogP contribution in [-0.2, 0) is 39.7 Å². The first-order valence-electron chi connectivity index (χ1n) is 37.6. The molecule has 15 N–H and O–H groups in total. The summed E-state index contributed by atoms with van der Waals surface area (Å²) in [6, 6.07) is 36.7. The van der Waals surface area contributed by atoms with Crippen LogP contribution >= 0.6 is 69.6 Å². The van der Waals surface area contributed by atoms with Crippen molar-refractivity contribution in [1.82, 2.24) is 0 Å². The summed E-state index contributed by atoms with van der Waals surface area (Å²) in [5.74, 6) is -2.53. The molecule has 1 aliphatic carbocycles. The van der Waals surface area contributed by atoms with E-state index < -0.39 is 165 Å². The van der Waals surface area contributed by atoms with Crippen molar-refractivity contribution in [3.05, 3.63) is 248 Å². The minimum atomic E-state index is -3.16. The number of aliphatic hydroxyl groups is 12. The smallest absolute Gasteiger partial charge is 0.340 e. The molecular weight excluding hydrogens is 1740 g/mol. The van der Waals surface area contributed by atoms with Gasteiger partial charge in [-0.15, -0.1) is 0 Å². The molecule has 0 amide bonds. The van der Waals surface area contributed by atoms with Gasteiger partial charge in [-0.25, -0.2) is 14.4 Å². The summed E-state index contributed by atoms with van der Waals surface area (Å²) in [5.41, 5.74) is 3.92. The molecule has 0 bridgehead atoms. The average Bonchev–Trinajstić information content (AvgIpc) is 1.41. The summed E-state index contributed by atoms with van der Waals surface area (Å²) in [6.07, 6.45) is -19.9. The Morgan fingerprint density at radius 1 is 0.392 bits per heavy atom. The number of carbonyl (C=O) groups is 4. The van der Waals surface area contributed by atoms with Gasteiger partial charge in [-0.05, 0) is 108 Å². The molecule has 8 aliphatic heterocycles. The summed E-state index contributed by atoms with van der Waals surface area (Å²) in [7, 11) is -8.63. The van der Waals surface area contributed by atoms with Gasteiger partial charge in [-0.2, -0.15) is 0 Å². The van der Waals surface area contributed by atoms with Gasteiger partial charge in [0.1, 0.15) is 126 Å². The summed E-state index contributed by atoms with van der Waals surface area (Å²) in [5, 5.41) is 158. The highest BCUT2D eigenvalue weighted by Crippen LogP contribution is 2.55. The molecule has 17 rings (SSSR count). The fraction of sp³-hybridized carbons (Fsp3) is 0.310. The lowest BCUT2D eigenvalue weighted by molar-refractivity contribution is -0.277. The van der Waals surface area contributed by atoms with Crippen LogP contribution in [0.1, 0.15) is 75.6 Å². The van der Waals surface area contributed by atoms with Gasteiger partial charge in [-0.3, -0.25) is 4.79 Å². The van der Waals surface area contributed by atoms with Crippen LogP contribution in [-0.4, -0.2) is 236 Å². The van der Waals surface area contributed by atoms with E-state index in [1.807, 2.05) is 39.3 Å². The largest absolute Gasteiger partial charge is 0.506 e. The highest BCUT2D eigenvalue weighted by molar-refractivity contribution is 7.04. The van der Waals surface area contributed by atoms with E-state index in [4.69, 9.17) is 108 Å². The Morgan fingerprint density at radius 2 is 0.733 bits per heavy atom. The Labute approximate surface area is 716 Å². The molecular formula is C84H78Cl6O27Si3. The summed E-state index contributed by atoms with van der Waals surface area (Å²) in [4.78, 5) is 51.0. The van der Waals surface area contributed by atoms with Crippen molar-refractivity contribution in [2.75, 3.05) is 19.8 Å². The van der Waals surface area contributed by atoms with E-state index in [-0.39, 0.29) is 70.2 Å². The topological polar surface area (TPSA) is 446 Å². The fourth-order valence-electron chi connectivity index (χ4n) is 18.0. The van der Waals surface area contributed by atoms with Crippen LogP contribution in [0.4, 0.5) is 0 Å². The number of hydrogen-bond donors (Lipinski definition) is 15. The van der Waals surface area contributed by atoms with Gasteiger partial charge >= 0.3 is 17.9 Å². The Kier molecular flexibility index (Phi) is 23.3. The first-order chi connectivity index (χ1) is 56.8. The van der Waals surface area contributed by atoms with Crippen LogP contribution in [0.5, 0.6) is 28.7 Å². The molecule has 630 valence electrons. The van der Waals surface area contributed by atoms with E-state index in [9.17, 15) is 95.8 Å². The average molecular weight is 1820 g/mol. The fourth-order valence-corrected chi connectivity index (χ4v) is 33.6. The van der Waals surface area contributed by atoms with Gasteiger partial charge in [0.15, 0.2) is 17.0 Å². The maximum absolute atomic E-state index is 13.5. The number of aliphatic hydroxyl groups excluding tert-OH is 12. The number of ketones is 1. The molecule has 3 saturated heterocycles. The van der Waals surface area contributed by atoms with E-state index >= 15 is 0 Å². The molecule has 3 fully saturated rings. The van der Waals surface area contributed by atoms with E-state index in [0.717, 1.165) is 16.3 Å². The summed E-state index contributed by atoms with van der Waals surface area (Å²) in [6.45, 7) is 9.94. The van der Waals surface area contributed by atoms with Gasteiger partial charge in [0.25, 0.3) is 0 Å². The van der Waals surface area contributed by atoms with Crippen LogP contribution in [0.25, 0.3) is 5.57 Å². The maximum atomic E-state index is 13.5. The highest BCUT2D eigenvalue weighted by Gasteiger charge is 2.61. The number of fused-ring (bicyclic) bond motifs is 14. The van der Waals surface area contributed by atoms with Crippen molar-refractivity contribution >= 4 is 149 Å². The van der Waals surface area contributed by atoms with Crippen LogP contribution in [0, 0.1) is 0 Å². The zero-order valence-electron chi connectivity index (χ0n) is 64.0. The molecule has 120 heavy (non-hydrogen) atoms. The zero-order chi connectivity index (χ0) is 86.5. The van der Waals surface area contributed by atoms with Crippen molar-refractivity contribution in [3.63, 3.8) is 0 Å². The summed E-state index contributed by atoms with van der Waals surface area (Å²) >= 11 is 41.3. The van der Waals surface area contributed by atoms with Crippen molar-refractivity contribution < 1.29 is 134 Å². The van der Waals surface area contributed by atoms with Crippen molar-refractivity contribution in [2.24, 2.45) is 0 Å². The second-order valence-corrected chi connectivity index (χ2v) is 46.6. The SMILES string of the molecule is C[Si]1(C)C2=C(Cl)C(=O)C=CC2=C(c2ccccc2C(=O)O)c2ccc(O)c(Cl)c21.C[Si]1(C)c2c(ccc(O)c2Cl)C2(OC(=O)c3ccccc32)c2ccc(O[C@@H]3O[C@H](CO)[C@H](O)[C@H](O)[C@H]3O)c(Cl)c21.C[Si]1(C)c2c(ccc(O[C@@H]3O[C@H](CO)[C@H](O)[C@H](O)[C@H]3O)c2Cl)C2(OC(=O)c3ccccc32)c2ccc(O[C@@H]3O[C@H](CO)[C@H](O)[C@H](O)[C@H]3O)c(Cl)c21. The molecule has 8 heterocycles. The number of halogens is 6. The lowest BCUT2D eigenvalue weighted by Crippen LogP contribution is -2.64. The number of rotatable bonds is 11. The molecule has 16 atom stereocenters. The van der Waals surface area contributed by atoms with Gasteiger partial charge in [0.05, 0.1) is 66.7 Å². The zero-order valence-corrected chi connectivity index (χ0v) is 71.5. The van der Waals surface area contributed by atoms with E-state index in [1.165, 1.54) is 36.4 Å². The van der Waals surface area contributed by atoms with Gasteiger partial charge in [0.2, 0.25) is 18.9 Å².